The van der Waals surface area contributed by atoms with Crippen molar-refractivity contribution in [1.82, 2.24) is 19.9 Å². The predicted molar refractivity (Wildman–Crippen MR) is 122 cm³/mol. The highest BCUT2D eigenvalue weighted by molar-refractivity contribution is 7.13. The molecule has 1 aliphatic heterocycles. The maximum atomic E-state index is 13.1. The normalized spacial score (nSPS) is 14.6. The zero-order valence-corrected chi connectivity index (χ0v) is 18.8. The molecule has 0 radical (unpaired) electrons. The molecule has 170 valence electrons. The number of aryl methyl sites for hydroxylation is 1. The fourth-order valence-electron chi connectivity index (χ4n) is 3.87. The molecule has 1 saturated heterocycles. The maximum Gasteiger partial charge on any atom is 0.289 e. The molecule has 1 amide bonds. The molecule has 1 aliphatic rings. The van der Waals surface area contributed by atoms with Gasteiger partial charge in [0.05, 0.1) is 4.88 Å². The molecule has 9 heteroatoms. The first kappa shape index (κ1) is 21.5. The summed E-state index contributed by atoms with van der Waals surface area (Å²) in [5.74, 6) is 1.74. The molecule has 3 aromatic heterocycles. The average molecular weight is 467 g/mol. The molecule has 0 bridgehead atoms. The van der Waals surface area contributed by atoms with Crippen LogP contribution in [0.1, 0.15) is 22.9 Å². The Balaban J connectivity index is 1.08. The van der Waals surface area contributed by atoms with E-state index in [2.05, 4.69) is 15.0 Å². The van der Waals surface area contributed by atoms with Crippen LogP contribution in [-0.2, 0) is 6.42 Å². The zero-order chi connectivity index (χ0) is 22.6. The topological polar surface area (TPSA) is 75.6 Å². The van der Waals surface area contributed by atoms with Gasteiger partial charge < -0.3 is 13.8 Å². The Labute approximate surface area is 194 Å². The summed E-state index contributed by atoms with van der Waals surface area (Å²) in [4.78, 5) is 22.5. The molecule has 0 saturated carbocycles. The summed E-state index contributed by atoms with van der Waals surface area (Å²) in [6.07, 6.45) is 1.65. The van der Waals surface area contributed by atoms with Gasteiger partial charge in [-0.3, -0.25) is 9.69 Å². The Morgan fingerprint density at radius 1 is 1.06 bits per heavy atom. The highest BCUT2D eigenvalue weighted by atomic mass is 32.1. The van der Waals surface area contributed by atoms with Gasteiger partial charge in [-0.2, -0.15) is 4.98 Å². The molecule has 4 aromatic rings. The van der Waals surface area contributed by atoms with Crippen LogP contribution in [0.2, 0.25) is 0 Å². The van der Waals surface area contributed by atoms with Crippen LogP contribution in [0.3, 0.4) is 0 Å². The van der Waals surface area contributed by atoms with E-state index in [-0.39, 0.29) is 11.7 Å². The third-order valence-corrected chi connectivity index (χ3v) is 6.55. The standard InChI is InChI=1S/C24H23FN4O3S/c25-18-7-5-17(6-8-18)19-9-10-20(31-19)24(30)29-14-12-28(13-15-29)11-1-4-22-26-23(27-32-22)21-3-2-16-33-21/h2-3,5-10,16H,1,4,11-15H2. The first-order chi connectivity index (χ1) is 16.2. The van der Waals surface area contributed by atoms with Gasteiger partial charge in [0, 0.05) is 38.2 Å². The van der Waals surface area contributed by atoms with Crippen molar-refractivity contribution in [2.45, 2.75) is 12.8 Å². The summed E-state index contributed by atoms with van der Waals surface area (Å²) in [5, 5.41) is 6.04. The van der Waals surface area contributed by atoms with Crippen LogP contribution < -0.4 is 0 Å². The van der Waals surface area contributed by atoms with Gasteiger partial charge in [0.2, 0.25) is 11.7 Å². The van der Waals surface area contributed by atoms with E-state index in [0.717, 1.165) is 42.9 Å². The molecule has 0 N–H and O–H groups in total. The number of nitrogens with zero attached hydrogens (tertiary/aromatic N) is 4. The number of piperazine rings is 1. The molecule has 0 atom stereocenters. The number of carbonyl (C=O) groups is 1. The Hall–Kier alpha value is -3.30. The van der Waals surface area contributed by atoms with Crippen LogP contribution in [0.4, 0.5) is 4.39 Å². The highest BCUT2D eigenvalue weighted by Gasteiger charge is 2.24. The smallest absolute Gasteiger partial charge is 0.289 e. The Kier molecular flexibility index (Phi) is 6.32. The Morgan fingerprint density at radius 2 is 1.88 bits per heavy atom. The predicted octanol–water partition coefficient (Wildman–Crippen LogP) is 4.59. The van der Waals surface area contributed by atoms with Crippen molar-refractivity contribution in [2.24, 2.45) is 0 Å². The number of rotatable bonds is 7. The van der Waals surface area contributed by atoms with Crippen molar-refractivity contribution in [3.63, 3.8) is 0 Å². The molecule has 1 fully saturated rings. The largest absolute Gasteiger partial charge is 0.451 e. The van der Waals surface area contributed by atoms with Crippen LogP contribution in [0.5, 0.6) is 0 Å². The molecule has 4 heterocycles. The van der Waals surface area contributed by atoms with Gasteiger partial charge in [0.15, 0.2) is 5.76 Å². The number of benzene rings is 1. The fraction of sp³-hybridized carbons (Fsp3) is 0.292. The lowest BCUT2D eigenvalue weighted by Crippen LogP contribution is -2.48. The van der Waals surface area contributed by atoms with E-state index in [4.69, 9.17) is 8.94 Å². The summed E-state index contributed by atoms with van der Waals surface area (Å²) in [5.41, 5.74) is 0.740. The second kappa shape index (κ2) is 9.68. The molecule has 0 unspecified atom stereocenters. The number of halogens is 1. The lowest BCUT2D eigenvalue weighted by atomic mass is 10.2. The SMILES string of the molecule is O=C(c1ccc(-c2ccc(F)cc2)o1)N1CCN(CCCc2nc(-c3cccs3)no2)CC1. The van der Waals surface area contributed by atoms with Gasteiger partial charge in [-0.05, 0) is 60.8 Å². The van der Waals surface area contributed by atoms with Crippen LogP contribution in [0.15, 0.2) is 62.9 Å². The second-order valence-electron chi connectivity index (χ2n) is 7.90. The third-order valence-electron chi connectivity index (χ3n) is 5.68. The van der Waals surface area contributed by atoms with Gasteiger partial charge in [0.1, 0.15) is 11.6 Å². The van der Waals surface area contributed by atoms with Crippen LogP contribution in [0, 0.1) is 5.82 Å². The molecule has 33 heavy (non-hydrogen) atoms. The van der Waals surface area contributed by atoms with Crippen molar-refractivity contribution in [3.8, 4) is 22.0 Å². The van der Waals surface area contributed by atoms with Crippen molar-refractivity contribution in [1.29, 1.82) is 0 Å². The van der Waals surface area contributed by atoms with Crippen molar-refractivity contribution >= 4 is 17.2 Å². The molecule has 7 nitrogen and oxygen atoms in total. The summed E-state index contributed by atoms with van der Waals surface area (Å²) in [6, 6.07) is 13.4. The number of hydrogen-bond donors (Lipinski definition) is 0. The number of carbonyl (C=O) groups excluding carboxylic acids is 1. The lowest BCUT2D eigenvalue weighted by Gasteiger charge is -2.34. The fourth-order valence-corrected chi connectivity index (χ4v) is 4.52. The summed E-state index contributed by atoms with van der Waals surface area (Å²) in [6.45, 7) is 3.82. The van der Waals surface area contributed by atoms with Gasteiger partial charge >= 0.3 is 0 Å². The van der Waals surface area contributed by atoms with E-state index in [1.54, 1.807) is 35.6 Å². The van der Waals surface area contributed by atoms with Gasteiger partial charge in [-0.1, -0.05) is 11.2 Å². The number of amides is 1. The van der Waals surface area contributed by atoms with E-state index >= 15 is 0 Å². The minimum atomic E-state index is -0.306. The van der Waals surface area contributed by atoms with E-state index in [1.807, 2.05) is 22.4 Å². The Bertz CT molecular complexity index is 1190. The number of furan rings is 1. The Morgan fingerprint density at radius 3 is 2.64 bits per heavy atom. The van der Waals surface area contributed by atoms with Gasteiger partial charge in [-0.15, -0.1) is 11.3 Å². The first-order valence-electron chi connectivity index (χ1n) is 10.9. The van der Waals surface area contributed by atoms with Crippen molar-refractivity contribution < 1.29 is 18.1 Å². The minimum absolute atomic E-state index is 0.116. The van der Waals surface area contributed by atoms with Gasteiger partial charge in [-0.25, -0.2) is 4.39 Å². The minimum Gasteiger partial charge on any atom is -0.451 e. The monoisotopic (exact) mass is 466 g/mol. The lowest BCUT2D eigenvalue weighted by molar-refractivity contribution is 0.0605. The molecule has 1 aromatic carbocycles. The van der Waals surface area contributed by atoms with Crippen molar-refractivity contribution in [2.75, 3.05) is 32.7 Å². The van der Waals surface area contributed by atoms with Gasteiger partial charge in [0.25, 0.3) is 5.91 Å². The van der Waals surface area contributed by atoms with Crippen LogP contribution in [0.25, 0.3) is 22.0 Å². The van der Waals surface area contributed by atoms with Crippen LogP contribution >= 0.6 is 11.3 Å². The van der Waals surface area contributed by atoms with Crippen molar-refractivity contribution in [3.05, 3.63) is 71.4 Å². The molecule has 0 spiro atoms. The summed E-state index contributed by atoms with van der Waals surface area (Å²) in [7, 11) is 0. The highest BCUT2D eigenvalue weighted by Crippen LogP contribution is 2.24. The van der Waals surface area contributed by atoms with E-state index < -0.39 is 0 Å². The quantitative estimate of drug-likeness (QED) is 0.397. The number of thiophene rings is 1. The van der Waals surface area contributed by atoms with E-state index in [9.17, 15) is 9.18 Å². The van der Waals surface area contributed by atoms with E-state index in [0.29, 0.717) is 36.3 Å². The molecular formula is C24H23FN4O3S. The zero-order valence-electron chi connectivity index (χ0n) is 17.9. The van der Waals surface area contributed by atoms with Crippen LogP contribution in [-0.4, -0.2) is 58.6 Å². The second-order valence-corrected chi connectivity index (χ2v) is 8.84. The number of aromatic nitrogens is 2. The molecule has 5 rings (SSSR count). The maximum absolute atomic E-state index is 13.1. The summed E-state index contributed by atoms with van der Waals surface area (Å²) < 4.78 is 24.2. The average Bonchev–Trinajstić information content (AvgIpc) is 3.61. The summed E-state index contributed by atoms with van der Waals surface area (Å²) >= 11 is 1.59. The van der Waals surface area contributed by atoms with E-state index in [1.165, 1.54) is 12.1 Å². The molecule has 0 aliphatic carbocycles. The first-order valence-corrected chi connectivity index (χ1v) is 11.8. The number of hydrogen-bond acceptors (Lipinski definition) is 7. The molecular weight excluding hydrogens is 443 g/mol. The third kappa shape index (κ3) is 5.04.